The van der Waals surface area contributed by atoms with Gasteiger partial charge in [0.05, 0.1) is 11.3 Å². The number of fused-ring (bicyclic) bond motifs is 3. The van der Waals surface area contributed by atoms with Crippen LogP contribution in [0.3, 0.4) is 0 Å². The van der Waals surface area contributed by atoms with Gasteiger partial charge in [0.15, 0.2) is 11.5 Å². The van der Waals surface area contributed by atoms with E-state index in [-0.39, 0.29) is 5.41 Å². The van der Waals surface area contributed by atoms with Crippen LogP contribution in [0.4, 0.5) is 0 Å². The lowest BCUT2D eigenvalue weighted by atomic mass is 9.97. The van der Waals surface area contributed by atoms with Crippen molar-refractivity contribution in [3.05, 3.63) is 36.0 Å². The number of aryl methyl sites for hydroxylation is 1. The summed E-state index contributed by atoms with van der Waals surface area (Å²) in [6.07, 6.45) is 1.03. The highest BCUT2D eigenvalue weighted by Crippen LogP contribution is 2.28. The summed E-state index contributed by atoms with van der Waals surface area (Å²) in [5.74, 6) is 1.82. The molecule has 0 atom stereocenters. The maximum atomic E-state index is 5.34. The van der Waals surface area contributed by atoms with Gasteiger partial charge in [0, 0.05) is 17.3 Å². The number of benzene rings is 1. The van der Waals surface area contributed by atoms with E-state index in [4.69, 9.17) is 9.51 Å². The fourth-order valence-electron chi connectivity index (χ4n) is 2.95. The Morgan fingerprint density at radius 3 is 2.67 bits per heavy atom. The fourth-order valence-corrected chi connectivity index (χ4v) is 3.57. The summed E-state index contributed by atoms with van der Waals surface area (Å²) >= 11 is 1.47. The molecular weight excluding hydrogens is 360 g/mol. The third-order valence-corrected chi connectivity index (χ3v) is 5.08. The van der Waals surface area contributed by atoms with Gasteiger partial charge in [0.25, 0.3) is 0 Å². The zero-order chi connectivity index (χ0) is 19.0. The van der Waals surface area contributed by atoms with Crippen LogP contribution in [-0.4, -0.2) is 29.9 Å². The highest BCUT2D eigenvalue weighted by atomic mass is 32.2. The Hall–Kier alpha value is -2.48. The van der Waals surface area contributed by atoms with Crippen molar-refractivity contribution >= 4 is 33.8 Å². The summed E-state index contributed by atoms with van der Waals surface area (Å²) in [4.78, 5) is 9.23. The van der Waals surface area contributed by atoms with Crippen molar-refractivity contribution in [3.63, 3.8) is 0 Å². The zero-order valence-corrected chi connectivity index (χ0v) is 16.7. The van der Waals surface area contributed by atoms with E-state index in [9.17, 15) is 0 Å². The Labute approximate surface area is 161 Å². The van der Waals surface area contributed by atoms with E-state index in [1.807, 2.05) is 32.9 Å². The molecule has 7 nitrogen and oxygen atoms in total. The lowest BCUT2D eigenvalue weighted by Gasteiger charge is -2.10. The highest BCUT2D eigenvalue weighted by molar-refractivity contribution is 7.98. The molecule has 0 aliphatic carbocycles. The minimum Gasteiger partial charge on any atom is -0.339 e. The van der Waals surface area contributed by atoms with Crippen LogP contribution in [0.25, 0.3) is 22.1 Å². The van der Waals surface area contributed by atoms with Crippen LogP contribution in [0.15, 0.2) is 33.9 Å². The summed E-state index contributed by atoms with van der Waals surface area (Å²) < 4.78 is 7.56. The molecule has 4 aromatic rings. The number of hydrogen-bond donors (Lipinski definition) is 0. The molecule has 27 heavy (non-hydrogen) atoms. The number of para-hydroxylation sites is 1. The molecule has 0 spiro atoms. The number of hydrogen-bond acceptors (Lipinski definition) is 7. The average Bonchev–Trinajstić information content (AvgIpc) is 3.24. The van der Waals surface area contributed by atoms with E-state index in [0.29, 0.717) is 22.6 Å². The molecule has 0 amide bonds. The molecule has 3 heterocycles. The van der Waals surface area contributed by atoms with Crippen molar-refractivity contribution in [3.8, 4) is 0 Å². The second kappa shape index (κ2) is 6.92. The van der Waals surface area contributed by atoms with Crippen LogP contribution < -0.4 is 0 Å². The van der Waals surface area contributed by atoms with Gasteiger partial charge in [-0.15, -0.1) is 10.2 Å². The molecule has 8 heteroatoms. The van der Waals surface area contributed by atoms with E-state index in [1.165, 1.54) is 11.8 Å². The van der Waals surface area contributed by atoms with Crippen LogP contribution >= 0.6 is 11.8 Å². The summed E-state index contributed by atoms with van der Waals surface area (Å²) in [6.45, 7) is 9.20. The van der Waals surface area contributed by atoms with Gasteiger partial charge in [-0.25, -0.2) is 4.98 Å². The van der Waals surface area contributed by atoms with E-state index < -0.39 is 0 Å². The molecule has 0 saturated heterocycles. The second-order valence-electron chi connectivity index (χ2n) is 7.49. The van der Waals surface area contributed by atoms with Crippen LogP contribution in [0.2, 0.25) is 0 Å². The first-order valence-corrected chi connectivity index (χ1v) is 10.0. The van der Waals surface area contributed by atoms with Gasteiger partial charge in [0.1, 0.15) is 5.52 Å². The van der Waals surface area contributed by atoms with Gasteiger partial charge < -0.3 is 9.09 Å². The normalized spacial score (nSPS) is 12.3. The van der Waals surface area contributed by atoms with Gasteiger partial charge >= 0.3 is 0 Å². The monoisotopic (exact) mass is 382 g/mol. The maximum absolute atomic E-state index is 5.34. The summed E-state index contributed by atoms with van der Waals surface area (Å²) in [7, 11) is 0. The van der Waals surface area contributed by atoms with Crippen molar-refractivity contribution in [1.29, 1.82) is 0 Å². The minimum absolute atomic E-state index is 0.159. The quantitative estimate of drug-likeness (QED) is 0.474. The lowest BCUT2D eigenvalue weighted by Crippen LogP contribution is -2.11. The summed E-state index contributed by atoms with van der Waals surface area (Å²) in [5, 5.41) is 14.5. The largest absolute Gasteiger partial charge is 0.339 e. The van der Waals surface area contributed by atoms with E-state index >= 15 is 0 Å². The van der Waals surface area contributed by atoms with Gasteiger partial charge in [-0.3, -0.25) is 0 Å². The molecule has 0 bridgehead atoms. The maximum Gasteiger partial charge on any atom is 0.232 e. The molecule has 0 saturated carbocycles. The number of rotatable bonds is 5. The molecule has 0 unspecified atom stereocenters. The average molecular weight is 382 g/mol. The van der Waals surface area contributed by atoms with Crippen molar-refractivity contribution in [2.75, 3.05) is 0 Å². The van der Waals surface area contributed by atoms with Crippen LogP contribution in [0.1, 0.15) is 45.8 Å². The first-order valence-electron chi connectivity index (χ1n) is 9.05. The van der Waals surface area contributed by atoms with Gasteiger partial charge in [-0.05, 0) is 12.5 Å². The van der Waals surface area contributed by atoms with Crippen LogP contribution in [-0.2, 0) is 17.7 Å². The standard InChI is InChI=1S/C19H22N6OS/c1-5-10-25-13-9-7-6-8-12(13)15-16(25)21-18(23-22-15)27-11-14-20-17(26-24-14)19(2,3)4/h6-9H,5,10-11H2,1-4H3. The van der Waals surface area contributed by atoms with Gasteiger partial charge in [-0.2, -0.15) is 4.98 Å². The SMILES string of the molecule is CCCn1c2ccccc2c2nnc(SCc3noc(C(C)(C)C)n3)nc21. The van der Waals surface area contributed by atoms with E-state index in [1.54, 1.807) is 0 Å². The Bertz CT molecular complexity index is 1090. The highest BCUT2D eigenvalue weighted by Gasteiger charge is 2.22. The summed E-state index contributed by atoms with van der Waals surface area (Å²) in [5.41, 5.74) is 2.71. The molecule has 1 aromatic carbocycles. The van der Waals surface area contributed by atoms with E-state index in [0.717, 1.165) is 35.0 Å². The summed E-state index contributed by atoms with van der Waals surface area (Å²) in [6, 6.07) is 8.24. The van der Waals surface area contributed by atoms with Crippen molar-refractivity contribution < 1.29 is 4.52 Å². The van der Waals surface area contributed by atoms with Crippen molar-refractivity contribution in [2.45, 2.75) is 57.0 Å². The molecule has 0 aliphatic heterocycles. The van der Waals surface area contributed by atoms with Crippen molar-refractivity contribution in [1.82, 2.24) is 29.9 Å². The number of aromatic nitrogens is 6. The third kappa shape index (κ3) is 3.41. The van der Waals surface area contributed by atoms with Crippen molar-refractivity contribution in [2.24, 2.45) is 0 Å². The predicted molar refractivity (Wildman–Crippen MR) is 106 cm³/mol. The molecule has 0 radical (unpaired) electrons. The minimum atomic E-state index is -0.159. The smallest absolute Gasteiger partial charge is 0.232 e. The zero-order valence-electron chi connectivity index (χ0n) is 15.9. The topological polar surface area (TPSA) is 82.5 Å². The van der Waals surface area contributed by atoms with Crippen LogP contribution in [0, 0.1) is 0 Å². The predicted octanol–water partition coefficient (Wildman–Crippen LogP) is 4.36. The Kier molecular flexibility index (Phi) is 4.59. The molecular formula is C19H22N6OS. The second-order valence-corrected chi connectivity index (χ2v) is 8.43. The lowest BCUT2D eigenvalue weighted by molar-refractivity contribution is 0.319. The molecule has 140 valence electrons. The Balaban J connectivity index is 1.64. The van der Waals surface area contributed by atoms with E-state index in [2.05, 4.69) is 44.0 Å². The molecule has 3 aromatic heterocycles. The number of nitrogens with zero attached hydrogens (tertiary/aromatic N) is 6. The molecule has 0 fully saturated rings. The van der Waals surface area contributed by atoms with Gasteiger partial charge in [0.2, 0.25) is 11.0 Å². The third-order valence-electron chi connectivity index (χ3n) is 4.24. The fraction of sp³-hybridized carbons (Fsp3) is 0.421. The first-order chi connectivity index (χ1) is 13.0. The number of thioether (sulfide) groups is 1. The molecule has 0 N–H and O–H groups in total. The molecule has 4 rings (SSSR count). The first kappa shape index (κ1) is 17.9. The molecule has 0 aliphatic rings. The Morgan fingerprint density at radius 1 is 1.11 bits per heavy atom. The Morgan fingerprint density at radius 2 is 1.93 bits per heavy atom. The van der Waals surface area contributed by atoms with Gasteiger partial charge in [-0.1, -0.05) is 62.8 Å². The van der Waals surface area contributed by atoms with Crippen LogP contribution in [0.5, 0.6) is 0 Å².